The van der Waals surface area contributed by atoms with Crippen LogP contribution in [0.1, 0.15) is 40.5 Å². The van der Waals surface area contributed by atoms with Crippen molar-refractivity contribution in [1.82, 2.24) is 0 Å². The first-order chi connectivity index (χ1) is 8.27. The number of Topliss-reactive ketones (excluding diaryl/α,β-unsaturated/α-hetero) is 3. The zero-order valence-electron chi connectivity index (χ0n) is 11.2. The van der Waals surface area contributed by atoms with Crippen LogP contribution in [0.3, 0.4) is 0 Å². The second kappa shape index (κ2) is 5.40. The molecule has 0 aromatic heterocycles. The standard InChI is InChI=1S/C14H18O4/c1-7-8(2)14(18)11(9(3)13(7)17)5-6-12(16)10(4)15/h12,16H,5-6H2,1-4H3/t12-/m1/s1. The Morgan fingerprint density at radius 3 is 2.06 bits per heavy atom. The lowest BCUT2D eigenvalue weighted by atomic mass is 9.83. The molecule has 0 saturated heterocycles. The predicted octanol–water partition coefficient (Wildman–Crippen LogP) is 1.52. The maximum atomic E-state index is 12.0. The summed E-state index contributed by atoms with van der Waals surface area (Å²) in [5, 5.41) is 9.43. The van der Waals surface area contributed by atoms with Gasteiger partial charge in [0.25, 0.3) is 0 Å². The second-order valence-electron chi connectivity index (χ2n) is 4.68. The molecule has 18 heavy (non-hydrogen) atoms. The first kappa shape index (κ1) is 14.5. The normalized spacial score (nSPS) is 18.5. The van der Waals surface area contributed by atoms with E-state index in [4.69, 9.17) is 0 Å². The topological polar surface area (TPSA) is 71.4 Å². The van der Waals surface area contributed by atoms with Gasteiger partial charge in [0.2, 0.25) is 0 Å². The van der Waals surface area contributed by atoms with Crippen molar-refractivity contribution < 1.29 is 19.5 Å². The summed E-state index contributed by atoms with van der Waals surface area (Å²) in [6.07, 6.45) is -0.643. The van der Waals surface area contributed by atoms with E-state index in [9.17, 15) is 19.5 Å². The van der Waals surface area contributed by atoms with E-state index in [0.717, 1.165) is 0 Å². The molecule has 1 atom stereocenters. The van der Waals surface area contributed by atoms with E-state index in [1.807, 2.05) is 0 Å². The lowest BCUT2D eigenvalue weighted by molar-refractivity contribution is -0.125. The van der Waals surface area contributed by atoms with Gasteiger partial charge in [0.1, 0.15) is 6.10 Å². The molecule has 0 spiro atoms. The maximum Gasteiger partial charge on any atom is 0.185 e. The quantitative estimate of drug-likeness (QED) is 0.768. The predicted molar refractivity (Wildman–Crippen MR) is 67.0 cm³/mol. The van der Waals surface area contributed by atoms with Crippen LogP contribution >= 0.6 is 0 Å². The molecule has 0 unspecified atom stereocenters. The van der Waals surface area contributed by atoms with Crippen molar-refractivity contribution in [2.24, 2.45) is 0 Å². The molecule has 98 valence electrons. The Labute approximate surface area is 106 Å². The van der Waals surface area contributed by atoms with E-state index in [-0.39, 0.29) is 30.2 Å². The summed E-state index contributed by atoms with van der Waals surface area (Å²) >= 11 is 0. The number of ketones is 3. The number of rotatable bonds is 4. The number of allylic oxidation sites excluding steroid dienone is 4. The molecule has 1 aliphatic rings. The van der Waals surface area contributed by atoms with Crippen molar-refractivity contribution in [3.63, 3.8) is 0 Å². The van der Waals surface area contributed by atoms with Crippen molar-refractivity contribution in [2.75, 3.05) is 0 Å². The average Bonchev–Trinajstić information content (AvgIpc) is 2.33. The van der Waals surface area contributed by atoms with Gasteiger partial charge in [-0.2, -0.15) is 0 Å². The van der Waals surface area contributed by atoms with Crippen molar-refractivity contribution in [2.45, 2.75) is 46.6 Å². The molecule has 0 saturated carbocycles. The maximum absolute atomic E-state index is 12.0. The fourth-order valence-corrected chi connectivity index (χ4v) is 1.94. The van der Waals surface area contributed by atoms with E-state index in [1.54, 1.807) is 20.8 Å². The molecule has 0 radical (unpaired) electrons. The highest BCUT2D eigenvalue weighted by Crippen LogP contribution is 2.27. The number of carbonyl (C=O) groups is 3. The van der Waals surface area contributed by atoms with Gasteiger partial charge >= 0.3 is 0 Å². The van der Waals surface area contributed by atoms with Crippen LogP contribution in [0.25, 0.3) is 0 Å². The molecule has 0 bridgehead atoms. The summed E-state index contributed by atoms with van der Waals surface area (Å²) in [7, 11) is 0. The Bertz CT molecular complexity index is 480. The van der Waals surface area contributed by atoms with Gasteiger partial charge in [-0.25, -0.2) is 0 Å². The number of aliphatic hydroxyl groups excluding tert-OH is 1. The third-order valence-electron chi connectivity index (χ3n) is 3.45. The number of hydrogen-bond donors (Lipinski definition) is 1. The zero-order valence-corrected chi connectivity index (χ0v) is 11.2. The van der Waals surface area contributed by atoms with E-state index < -0.39 is 6.10 Å². The fraction of sp³-hybridized carbons (Fsp3) is 0.500. The smallest absolute Gasteiger partial charge is 0.185 e. The molecule has 0 aromatic carbocycles. The zero-order chi connectivity index (χ0) is 14.0. The van der Waals surface area contributed by atoms with Crippen molar-refractivity contribution >= 4 is 17.3 Å². The van der Waals surface area contributed by atoms with Crippen LogP contribution in [0.4, 0.5) is 0 Å². The summed E-state index contributed by atoms with van der Waals surface area (Å²) in [5.41, 5.74) is 1.79. The van der Waals surface area contributed by atoms with Crippen LogP contribution < -0.4 is 0 Å². The molecule has 1 aliphatic carbocycles. The highest BCUT2D eigenvalue weighted by molar-refractivity contribution is 6.24. The van der Waals surface area contributed by atoms with Gasteiger partial charge in [0.05, 0.1) is 0 Å². The first-order valence-corrected chi connectivity index (χ1v) is 5.92. The lowest BCUT2D eigenvalue weighted by Crippen LogP contribution is -2.23. The molecule has 4 nitrogen and oxygen atoms in total. The molecule has 0 heterocycles. The largest absolute Gasteiger partial charge is 0.385 e. The van der Waals surface area contributed by atoms with Crippen LogP contribution in [0, 0.1) is 0 Å². The van der Waals surface area contributed by atoms with Gasteiger partial charge in [0.15, 0.2) is 17.3 Å². The SMILES string of the molecule is CC(=O)[C@H](O)CCC1=C(C)C(=O)C(C)=C(C)C1=O. The Morgan fingerprint density at radius 1 is 1.06 bits per heavy atom. The van der Waals surface area contributed by atoms with Crippen LogP contribution in [0.15, 0.2) is 22.3 Å². The van der Waals surface area contributed by atoms with Gasteiger partial charge in [-0.1, -0.05) is 0 Å². The molecule has 0 amide bonds. The first-order valence-electron chi connectivity index (χ1n) is 5.92. The summed E-state index contributed by atoms with van der Waals surface area (Å²) in [4.78, 5) is 34.8. The Hall–Kier alpha value is -1.55. The number of carbonyl (C=O) groups excluding carboxylic acids is 3. The minimum absolute atomic E-state index is 0.126. The monoisotopic (exact) mass is 250 g/mol. The highest BCUT2D eigenvalue weighted by Gasteiger charge is 2.28. The molecule has 0 fully saturated rings. The molecule has 0 aliphatic heterocycles. The van der Waals surface area contributed by atoms with Gasteiger partial charge in [-0.15, -0.1) is 0 Å². The third-order valence-corrected chi connectivity index (χ3v) is 3.45. The number of hydrogen-bond acceptors (Lipinski definition) is 4. The minimum atomic E-state index is -1.07. The molecule has 1 N–H and O–H groups in total. The highest BCUT2D eigenvalue weighted by atomic mass is 16.3. The van der Waals surface area contributed by atoms with Crippen LogP contribution in [0.5, 0.6) is 0 Å². The lowest BCUT2D eigenvalue weighted by Gasteiger charge is -2.19. The molecular weight excluding hydrogens is 232 g/mol. The third kappa shape index (κ3) is 2.64. The van der Waals surface area contributed by atoms with E-state index in [1.165, 1.54) is 6.92 Å². The molecule has 4 heteroatoms. The number of aliphatic hydroxyl groups is 1. The molecule has 1 rings (SSSR count). The Morgan fingerprint density at radius 2 is 1.56 bits per heavy atom. The Balaban J connectivity index is 2.92. The summed E-state index contributed by atoms with van der Waals surface area (Å²) in [5.74, 6) is -0.606. The van der Waals surface area contributed by atoms with Crippen molar-refractivity contribution in [1.29, 1.82) is 0 Å². The average molecular weight is 250 g/mol. The van der Waals surface area contributed by atoms with Crippen molar-refractivity contribution in [3.05, 3.63) is 22.3 Å². The second-order valence-corrected chi connectivity index (χ2v) is 4.68. The van der Waals surface area contributed by atoms with Gasteiger partial charge in [0, 0.05) is 22.3 Å². The van der Waals surface area contributed by atoms with Crippen LogP contribution in [-0.4, -0.2) is 28.6 Å². The van der Waals surface area contributed by atoms with Gasteiger partial charge in [-0.3, -0.25) is 14.4 Å². The van der Waals surface area contributed by atoms with Crippen LogP contribution in [-0.2, 0) is 14.4 Å². The van der Waals surface area contributed by atoms with E-state index in [0.29, 0.717) is 22.3 Å². The summed E-state index contributed by atoms with van der Waals surface area (Å²) < 4.78 is 0. The molecular formula is C14H18O4. The van der Waals surface area contributed by atoms with E-state index in [2.05, 4.69) is 0 Å². The fourth-order valence-electron chi connectivity index (χ4n) is 1.94. The summed E-state index contributed by atoms with van der Waals surface area (Å²) in [6.45, 7) is 6.18. The molecule has 0 aromatic rings. The van der Waals surface area contributed by atoms with Gasteiger partial charge < -0.3 is 5.11 Å². The van der Waals surface area contributed by atoms with Gasteiger partial charge in [-0.05, 0) is 40.5 Å². The van der Waals surface area contributed by atoms with Crippen LogP contribution in [0.2, 0.25) is 0 Å². The van der Waals surface area contributed by atoms with E-state index >= 15 is 0 Å². The summed E-state index contributed by atoms with van der Waals surface area (Å²) in [6, 6.07) is 0. The minimum Gasteiger partial charge on any atom is -0.385 e. The van der Waals surface area contributed by atoms with Crippen molar-refractivity contribution in [3.8, 4) is 0 Å². The Kier molecular flexibility index (Phi) is 4.35.